The molecule has 0 spiro atoms. The first kappa shape index (κ1) is 11.9. The fraction of sp³-hybridized carbons (Fsp3) is 0.308. The van der Waals surface area contributed by atoms with Crippen LogP contribution in [0, 0.1) is 0 Å². The maximum absolute atomic E-state index is 12.2. The van der Waals surface area contributed by atoms with E-state index in [0.717, 1.165) is 0 Å². The van der Waals surface area contributed by atoms with Crippen molar-refractivity contribution in [1.29, 1.82) is 0 Å². The van der Waals surface area contributed by atoms with Crippen LogP contribution in [0.2, 0.25) is 0 Å². The summed E-state index contributed by atoms with van der Waals surface area (Å²) in [6, 6.07) is 7.94. The van der Waals surface area contributed by atoms with Gasteiger partial charge in [-0.25, -0.2) is 4.68 Å². The number of anilines is 1. The molecule has 0 bridgehead atoms. The largest absolute Gasteiger partial charge is 0.301 e. The van der Waals surface area contributed by atoms with Crippen molar-refractivity contribution in [2.24, 2.45) is 7.05 Å². The number of benzene rings is 1. The summed E-state index contributed by atoms with van der Waals surface area (Å²) in [5.41, 5.74) is 2.48. The predicted octanol–water partition coefficient (Wildman–Crippen LogP) is 0.468. The molecule has 2 N–H and O–H groups in total. The lowest BCUT2D eigenvalue weighted by Crippen LogP contribution is -2.45. The second-order valence-corrected chi connectivity index (χ2v) is 4.60. The van der Waals surface area contributed by atoms with E-state index in [9.17, 15) is 4.79 Å². The second kappa shape index (κ2) is 4.81. The highest BCUT2D eigenvalue weighted by atomic mass is 16.2. The molecule has 6 heteroatoms. The van der Waals surface area contributed by atoms with Crippen molar-refractivity contribution >= 4 is 11.9 Å². The highest BCUT2D eigenvalue weighted by Crippen LogP contribution is 2.16. The minimum absolute atomic E-state index is 0.0781. The van der Waals surface area contributed by atoms with E-state index in [0.29, 0.717) is 18.9 Å². The molecule has 2 aromatic rings. The molecule has 0 saturated carbocycles. The van der Waals surface area contributed by atoms with Crippen molar-refractivity contribution in [2.45, 2.75) is 19.0 Å². The molecule has 0 unspecified atom stereocenters. The van der Waals surface area contributed by atoms with Gasteiger partial charge in [0.05, 0.1) is 6.04 Å². The summed E-state index contributed by atoms with van der Waals surface area (Å²) in [6.45, 7) is 0.715. The summed E-state index contributed by atoms with van der Waals surface area (Å²) in [5, 5.41) is 9.94. The van der Waals surface area contributed by atoms with Gasteiger partial charge >= 0.3 is 0 Å². The average Bonchev–Trinajstić information content (AvgIpc) is 2.84. The van der Waals surface area contributed by atoms with E-state index in [1.807, 2.05) is 12.1 Å². The monoisotopic (exact) mass is 257 g/mol. The van der Waals surface area contributed by atoms with Crippen LogP contribution in [0.5, 0.6) is 0 Å². The van der Waals surface area contributed by atoms with Crippen LogP contribution in [0.3, 0.4) is 0 Å². The molecule has 98 valence electrons. The molecule has 1 aromatic carbocycles. The fourth-order valence-corrected chi connectivity index (χ4v) is 2.25. The van der Waals surface area contributed by atoms with Crippen LogP contribution in [0.4, 0.5) is 5.95 Å². The Labute approximate surface area is 110 Å². The molecule has 1 aliphatic rings. The van der Waals surface area contributed by atoms with E-state index in [-0.39, 0.29) is 11.9 Å². The van der Waals surface area contributed by atoms with Crippen molar-refractivity contribution in [1.82, 2.24) is 20.1 Å². The number of fused-ring (bicyclic) bond motifs is 1. The summed E-state index contributed by atoms with van der Waals surface area (Å²) in [5.74, 6) is 0.385. The maximum atomic E-state index is 12.2. The van der Waals surface area contributed by atoms with E-state index in [1.165, 1.54) is 22.1 Å². The predicted molar refractivity (Wildman–Crippen MR) is 70.4 cm³/mol. The van der Waals surface area contributed by atoms with Gasteiger partial charge in [0.1, 0.15) is 6.33 Å². The zero-order chi connectivity index (χ0) is 13.2. The molecule has 1 aromatic heterocycles. The summed E-state index contributed by atoms with van der Waals surface area (Å²) in [4.78, 5) is 16.2. The molecule has 1 amide bonds. The molecule has 0 radical (unpaired) electrons. The highest BCUT2D eigenvalue weighted by Gasteiger charge is 2.24. The van der Waals surface area contributed by atoms with Crippen molar-refractivity contribution < 1.29 is 4.79 Å². The standard InChI is InChI=1S/C13H15N5O/c1-18-13(15-8-16-18)17-12(19)11-6-9-4-2-3-5-10(9)7-14-11/h2-5,8,11,14H,6-7H2,1H3,(H,15,16,17,19)/t11-/m0/s1. The maximum Gasteiger partial charge on any atom is 0.244 e. The van der Waals surface area contributed by atoms with E-state index in [4.69, 9.17) is 0 Å². The Morgan fingerprint density at radius 2 is 2.21 bits per heavy atom. The first-order valence-corrected chi connectivity index (χ1v) is 6.19. The van der Waals surface area contributed by atoms with Gasteiger partial charge in [-0.2, -0.15) is 10.1 Å². The summed E-state index contributed by atoms with van der Waals surface area (Å²) >= 11 is 0. The number of aryl methyl sites for hydroxylation is 1. The molecule has 0 saturated heterocycles. The van der Waals surface area contributed by atoms with Crippen LogP contribution in [-0.2, 0) is 24.8 Å². The molecule has 2 heterocycles. The third-order valence-electron chi connectivity index (χ3n) is 3.34. The third kappa shape index (κ3) is 2.34. The SMILES string of the molecule is Cn1ncnc1NC(=O)[C@@H]1Cc2ccccc2CN1. The Bertz CT molecular complexity index is 607. The zero-order valence-corrected chi connectivity index (χ0v) is 10.6. The fourth-order valence-electron chi connectivity index (χ4n) is 2.25. The van der Waals surface area contributed by atoms with Crippen molar-refractivity contribution in [3.63, 3.8) is 0 Å². The van der Waals surface area contributed by atoms with Crippen LogP contribution in [0.15, 0.2) is 30.6 Å². The summed E-state index contributed by atoms with van der Waals surface area (Å²) in [6.07, 6.45) is 2.11. The average molecular weight is 257 g/mol. The van der Waals surface area contributed by atoms with Gasteiger partial charge in [-0.05, 0) is 17.5 Å². The van der Waals surface area contributed by atoms with Gasteiger partial charge in [0, 0.05) is 13.6 Å². The molecule has 0 fully saturated rings. The van der Waals surface area contributed by atoms with E-state index >= 15 is 0 Å². The number of nitrogens with one attached hydrogen (secondary N) is 2. The van der Waals surface area contributed by atoms with Gasteiger partial charge in [-0.15, -0.1) is 0 Å². The molecular formula is C13H15N5O. The van der Waals surface area contributed by atoms with Gasteiger partial charge in [0.15, 0.2) is 0 Å². The van der Waals surface area contributed by atoms with Gasteiger partial charge in [-0.3, -0.25) is 10.1 Å². The number of hydrogen-bond acceptors (Lipinski definition) is 4. The molecule has 1 atom stereocenters. The Morgan fingerprint density at radius 3 is 2.95 bits per heavy atom. The van der Waals surface area contributed by atoms with Crippen LogP contribution >= 0.6 is 0 Å². The Balaban J connectivity index is 1.71. The first-order chi connectivity index (χ1) is 9.24. The van der Waals surface area contributed by atoms with Crippen molar-refractivity contribution in [3.8, 4) is 0 Å². The molecule has 19 heavy (non-hydrogen) atoms. The lowest BCUT2D eigenvalue weighted by Gasteiger charge is -2.25. The molecule has 6 nitrogen and oxygen atoms in total. The minimum Gasteiger partial charge on any atom is -0.301 e. The molecular weight excluding hydrogens is 242 g/mol. The van der Waals surface area contributed by atoms with E-state index in [1.54, 1.807) is 7.05 Å². The smallest absolute Gasteiger partial charge is 0.244 e. The quantitative estimate of drug-likeness (QED) is 0.820. The Hall–Kier alpha value is -2.21. The summed E-state index contributed by atoms with van der Waals surface area (Å²) in [7, 11) is 1.74. The van der Waals surface area contributed by atoms with Crippen LogP contribution in [0.25, 0.3) is 0 Å². The van der Waals surface area contributed by atoms with Crippen molar-refractivity contribution in [2.75, 3.05) is 5.32 Å². The van der Waals surface area contributed by atoms with Crippen LogP contribution in [-0.4, -0.2) is 26.7 Å². The van der Waals surface area contributed by atoms with E-state index < -0.39 is 0 Å². The van der Waals surface area contributed by atoms with E-state index in [2.05, 4.69) is 32.8 Å². The first-order valence-electron chi connectivity index (χ1n) is 6.19. The summed E-state index contributed by atoms with van der Waals surface area (Å²) < 4.78 is 1.54. The minimum atomic E-state index is -0.230. The van der Waals surface area contributed by atoms with Gasteiger partial charge < -0.3 is 5.32 Å². The number of rotatable bonds is 2. The van der Waals surface area contributed by atoms with Gasteiger partial charge in [-0.1, -0.05) is 24.3 Å². The lowest BCUT2D eigenvalue weighted by atomic mass is 9.95. The Kier molecular flexibility index (Phi) is 3.00. The molecule has 3 rings (SSSR count). The number of nitrogens with zero attached hydrogens (tertiary/aromatic N) is 3. The molecule has 1 aliphatic heterocycles. The Morgan fingerprint density at radius 1 is 1.42 bits per heavy atom. The second-order valence-electron chi connectivity index (χ2n) is 4.60. The zero-order valence-electron chi connectivity index (χ0n) is 10.6. The molecule has 0 aliphatic carbocycles. The number of carbonyl (C=O) groups excluding carboxylic acids is 1. The highest BCUT2D eigenvalue weighted by molar-refractivity contribution is 5.93. The number of aromatic nitrogens is 3. The number of hydrogen-bond donors (Lipinski definition) is 2. The van der Waals surface area contributed by atoms with Crippen LogP contribution < -0.4 is 10.6 Å². The van der Waals surface area contributed by atoms with Gasteiger partial charge in [0.25, 0.3) is 0 Å². The van der Waals surface area contributed by atoms with Crippen LogP contribution in [0.1, 0.15) is 11.1 Å². The number of carbonyl (C=O) groups is 1. The lowest BCUT2D eigenvalue weighted by molar-refractivity contribution is -0.118. The van der Waals surface area contributed by atoms with Gasteiger partial charge in [0.2, 0.25) is 11.9 Å². The third-order valence-corrected chi connectivity index (χ3v) is 3.34. The number of amides is 1. The van der Waals surface area contributed by atoms with Crippen molar-refractivity contribution in [3.05, 3.63) is 41.7 Å². The topological polar surface area (TPSA) is 71.8 Å². The normalized spacial score (nSPS) is 17.8.